The number of carbonyl (C=O) groups excluding carboxylic acids is 2. The molecule has 0 saturated heterocycles. The van der Waals surface area contributed by atoms with Crippen LogP contribution in [0.4, 0.5) is 10.2 Å². The minimum absolute atomic E-state index is 0. The number of nitrogens with one attached hydrogen (secondary N) is 1. The molecule has 1 fully saturated rings. The average Bonchev–Trinajstić information content (AvgIpc) is 3.68. The third-order valence-corrected chi connectivity index (χ3v) is 8.17. The highest BCUT2D eigenvalue weighted by atomic mass is 19.1. The van der Waals surface area contributed by atoms with Crippen LogP contribution in [0, 0.1) is 23.6 Å². The number of hydrogen-bond donors (Lipinski definition) is 1. The standard InChI is InChI=1S/C30H35FN6O2.2H2/c1-18(2)14-22(19-9-10-19)30(39)36-13-11-20-16-24(31)23(15-21(20)17-36)29(38)33-26-7-5-6-25(32-26)28-35-34-27-8-3-4-12-37(27)28;;/h5-7,15-16,18-19,22H,3-4,8-14,17H2,1-2H3,(H,32,33,38);2*1H/t22-;;/m1../s1. The quantitative estimate of drug-likeness (QED) is 0.431. The van der Waals surface area contributed by atoms with Crippen molar-refractivity contribution in [2.45, 2.75) is 71.9 Å². The number of anilines is 1. The second-order valence-electron chi connectivity index (χ2n) is 11.6. The number of benzene rings is 1. The number of aromatic nitrogens is 4. The molecule has 1 N–H and O–H groups in total. The minimum atomic E-state index is -0.567. The van der Waals surface area contributed by atoms with Crippen LogP contribution in [0.3, 0.4) is 0 Å². The van der Waals surface area contributed by atoms with Gasteiger partial charge in [0, 0.05) is 34.8 Å². The van der Waals surface area contributed by atoms with Crippen molar-refractivity contribution < 1.29 is 16.8 Å². The van der Waals surface area contributed by atoms with E-state index >= 15 is 4.39 Å². The summed E-state index contributed by atoms with van der Waals surface area (Å²) in [6.45, 7) is 6.15. The summed E-state index contributed by atoms with van der Waals surface area (Å²) in [6.07, 6.45) is 6.78. The first-order valence-electron chi connectivity index (χ1n) is 14.2. The molecule has 8 nitrogen and oxygen atoms in total. The molecule has 0 bridgehead atoms. The van der Waals surface area contributed by atoms with Crippen LogP contribution in [0.2, 0.25) is 0 Å². The summed E-state index contributed by atoms with van der Waals surface area (Å²) in [4.78, 5) is 33.1. The summed E-state index contributed by atoms with van der Waals surface area (Å²) < 4.78 is 17.2. The summed E-state index contributed by atoms with van der Waals surface area (Å²) in [5.74, 6) is 2.02. The number of hydrogen-bond acceptors (Lipinski definition) is 5. The van der Waals surface area contributed by atoms with Gasteiger partial charge in [-0.3, -0.25) is 9.59 Å². The first kappa shape index (κ1) is 25.6. The largest absolute Gasteiger partial charge is 0.338 e. The first-order valence-corrected chi connectivity index (χ1v) is 14.2. The third kappa shape index (κ3) is 5.31. The summed E-state index contributed by atoms with van der Waals surface area (Å²) in [7, 11) is 0. The molecular weight excluding hydrogens is 495 g/mol. The number of aryl methyl sites for hydroxylation is 1. The van der Waals surface area contributed by atoms with Crippen LogP contribution >= 0.6 is 0 Å². The Bertz CT molecular complexity index is 1420. The summed E-state index contributed by atoms with van der Waals surface area (Å²) in [5.41, 5.74) is 2.25. The fourth-order valence-corrected chi connectivity index (χ4v) is 5.99. The lowest BCUT2D eigenvalue weighted by Crippen LogP contribution is -2.41. The van der Waals surface area contributed by atoms with E-state index in [2.05, 4.69) is 38.9 Å². The molecule has 1 aliphatic carbocycles. The van der Waals surface area contributed by atoms with E-state index in [0.717, 1.165) is 62.0 Å². The number of nitrogens with zero attached hydrogens (tertiary/aromatic N) is 5. The summed E-state index contributed by atoms with van der Waals surface area (Å²) in [5, 5.41) is 11.4. The Morgan fingerprint density at radius 2 is 1.95 bits per heavy atom. The van der Waals surface area contributed by atoms with Gasteiger partial charge in [0.05, 0.1) is 5.56 Å². The van der Waals surface area contributed by atoms with Crippen molar-refractivity contribution in [2.24, 2.45) is 17.8 Å². The van der Waals surface area contributed by atoms with E-state index < -0.39 is 11.7 Å². The number of halogens is 1. The molecule has 3 aromatic rings. The van der Waals surface area contributed by atoms with Gasteiger partial charge in [0.1, 0.15) is 23.2 Å². The lowest BCUT2D eigenvalue weighted by Gasteiger charge is -2.33. The Labute approximate surface area is 231 Å². The van der Waals surface area contributed by atoms with Crippen molar-refractivity contribution in [1.82, 2.24) is 24.6 Å². The van der Waals surface area contributed by atoms with Crippen molar-refractivity contribution in [2.75, 3.05) is 11.9 Å². The van der Waals surface area contributed by atoms with Crippen LogP contribution < -0.4 is 5.32 Å². The normalized spacial score (nSPS) is 17.5. The Hall–Kier alpha value is -3.62. The fraction of sp³-hybridized carbons (Fsp3) is 0.500. The van der Waals surface area contributed by atoms with Gasteiger partial charge in [-0.2, -0.15) is 0 Å². The Kier molecular flexibility index (Phi) is 6.91. The van der Waals surface area contributed by atoms with Crippen molar-refractivity contribution >= 4 is 17.6 Å². The van der Waals surface area contributed by atoms with Crippen LogP contribution in [-0.4, -0.2) is 43.0 Å². The molecule has 2 amide bonds. The Morgan fingerprint density at radius 1 is 1.10 bits per heavy atom. The van der Waals surface area contributed by atoms with E-state index in [0.29, 0.717) is 48.7 Å². The van der Waals surface area contributed by atoms with Crippen LogP contribution in [-0.2, 0) is 30.7 Å². The maximum absolute atomic E-state index is 15.1. The third-order valence-electron chi connectivity index (χ3n) is 8.17. The van der Waals surface area contributed by atoms with Crippen molar-refractivity contribution in [3.05, 3.63) is 58.7 Å². The smallest absolute Gasteiger partial charge is 0.259 e. The summed E-state index contributed by atoms with van der Waals surface area (Å²) >= 11 is 0. The molecule has 1 atom stereocenters. The highest BCUT2D eigenvalue weighted by Gasteiger charge is 2.39. The average molecular weight is 535 g/mol. The predicted molar refractivity (Wildman–Crippen MR) is 150 cm³/mol. The van der Waals surface area contributed by atoms with Gasteiger partial charge in [0.15, 0.2) is 5.82 Å². The minimum Gasteiger partial charge on any atom is -0.338 e. The monoisotopic (exact) mass is 534 g/mol. The molecule has 0 unspecified atom stereocenters. The zero-order chi connectivity index (χ0) is 27.1. The van der Waals surface area contributed by atoms with Gasteiger partial charge in [0.25, 0.3) is 5.91 Å². The molecular formula is C30H39FN6O2. The molecule has 0 spiro atoms. The van der Waals surface area contributed by atoms with E-state index in [4.69, 9.17) is 0 Å². The summed E-state index contributed by atoms with van der Waals surface area (Å²) in [6, 6.07) is 8.36. The van der Waals surface area contributed by atoms with Gasteiger partial charge in [-0.05, 0) is 85.8 Å². The van der Waals surface area contributed by atoms with Gasteiger partial charge < -0.3 is 14.8 Å². The second-order valence-corrected chi connectivity index (χ2v) is 11.6. The van der Waals surface area contributed by atoms with Crippen LogP contribution in [0.5, 0.6) is 0 Å². The highest BCUT2D eigenvalue weighted by molar-refractivity contribution is 6.04. The van der Waals surface area contributed by atoms with E-state index in [-0.39, 0.29) is 20.2 Å². The van der Waals surface area contributed by atoms with Crippen LogP contribution in [0.15, 0.2) is 30.3 Å². The molecule has 3 aliphatic rings. The zero-order valence-electron chi connectivity index (χ0n) is 22.6. The molecule has 1 aromatic carbocycles. The number of fused-ring (bicyclic) bond motifs is 2. The van der Waals surface area contributed by atoms with Crippen molar-refractivity contribution in [3.63, 3.8) is 0 Å². The molecule has 1 saturated carbocycles. The molecule has 4 heterocycles. The van der Waals surface area contributed by atoms with E-state index in [1.165, 1.54) is 6.07 Å². The van der Waals surface area contributed by atoms with E-state index in [1.54, 1.807) is 18.2 Å². The molecule has 2 aromatic heterocycles. The number of amides is 2. The fourth-order valence-electron chi connectivity index (χ4n) is 5.99. The molecule has 9 heteroatoms. The highest BCUT2D eigenvalue weighted by Crippen LogP contribution is 2.41. The topological polar surface area (TPSA) is 93.0 Å². The Balaban J connectivity index is 0.00000194. The van der Waals surface area contributed by atoms with Gasteiger partial charge in [-0.1, -0.05) is 19.9 Å². The second kappa shape index (κ2) is 10.5. The molecule has 0 radical (unpaired) electrons. The maximum atomic E-state index is 15.1. The van der Waals surface area contributed by atoms with Crippen molar-refractivity contribution in [3.8, 4) is 11.5 Å². The van der Waals surface area contributed by atoms with Gasteiger partial charge in [-0.15, -0.1) is 10.2 Å². The molecule has 208 valence electrons. The SMILES string of the molecule is CC(C)C[C@@H](C(=O)N1CCc2cc(F)c(C(=O)Nc3cccc(-c4nnc5n4CCCC5)n3)cc2C1)C1CC1.[HH].[HH]. The first-order chi connectivity index (χ1) is 18.9. The molecule has 2 aliphatic heterocycles. The van der Waals surface area contributed by atoms with Gasteiger partial charge >= 0.3 is 0 Å². The van der Waals surface area contributed by atoms with Crippen molar-refractivity contribution in [1.29, 1.82) is 0 Å². The van der Waals surface area contributed by atoms with Crippen LogP contribution in [0.25, 0.3) is 11.5 Å². The van der Waals surface area contributed by atoms with Gasteiger partial charge in [-0.25, -0.2) is 9.37 Å². The zero-order valence-corrected chi connectivity index (χ0v) is 22.6. The lowest BCUT2D eigenvalue weighted by molar-refractivity contribution is -0.137. The number of rotatable bonds is 7. The van der Waals surface area contributed by atoms with Crippen LogP contribution in [0.1, 0.15) is 76.1 Å². The van der Waals surface area contributed by atoms with E-state index in [1.807, 2.05) is 11.0 Å². The lowest BCUT2D eigenvalue weighted by atomic mass is 9.90. The number of carbonyl (C=O) groups is 2. The molecule has 39 heavy (non-hydrogen) atoms. The predicted octanol–water partition coefficient (Wildman–Crippen LogP) is 5.52. The maximum Gasteiger partial charge on any atom is 0.259 e. The Morgan fingerprint density at radius 3 is 2.74 bits per heavy atom. The van der Waals surface area contributed by atoms with Gasteiger partial charge in [0.2, 0.25) is 5.91 Å². The number of pyridine rings is 1. The molecule has 6 rings (SSSR count). The van der Waals surface area contributed by atoms with E-state index in [9.17, 15) is 9.59 Å².